The number of pyridine rings is 1. The van der Waals surface area contributed by atoms with E-state index >= 15 is 0 Å². The molecule has 0 unspecified atom stereocenters. The van der Waals surface area contributed by atoms with Crippen LogP contribution >= 0.6 is 11.6 Å². The van der Waals surface area contributed by atoms with Crippen LogP contribution in [0.15, 0.2) is 30.6 Å². The lowest BCUT2D eigenvalue weighted by atomic mass is 10.1. The van der Waals surface area contributed by atoms with E-state index in [4.69, 9.17) is 16.9 Å². The summed E-state index contributed by atoms with van der Waals surface area (Å²) in [6.07, 6.45) is 3.91. The Morgan fingerprint density at radius 2 is 2.25 bits per heavy atom. The van der Waals surface area contributed by atoms with Crippen LogP contribution in [0.2, 0.25) is 5.15 Å². The molecule has 3 aromatic heterocycles. The van der Waals surface area contributed by atoms with Crippen molar-refractivity contribution in [3.05, 3.63) is 47.0 Å². The molecule has 98 valence electrons. The third-order valence-electron chi connectivity index (χ3n) is 3.07. The number of aryl methyl sites for hydroxylation is 1. The number of hydrogen-bond acceptors (Lipinski definition) is 4. The molecule has 5 nitrogen and oxygen atoms in total. The summed E-state index contributed by atoms with van der Waals surface area (Å²) in [5.74, 6) is 0. The smallest absolute Gasteiger partial charge is 0.174 e. The molecule has 3 aromatic rings. The summed E-state index contributed by atoms with van der Waals surface area (Å²) in [5, 5.41) is 13.6. The standard InChI is InChI=1S/C14H10ClN5/c1-2-11-12(10-5-3-4-6-17-10)13(15)19-14-9(7-16)8-18-20(11)14/h3-6,8H,2H2,1H3. The van der Waals surface area contributed by atoms with Gasteiger partial charge >= 0.3 is 0 Å². The lowest BCUT2D eigenvalue weighted by Gasteiger charge is -2.11. The fourth-order valence-electron chi connectivity index (χ4n) is 2.19. The van der Waals surface area contributed by atoms with Crippen LogP contribution in [0.25, 0.3) is 16.9 Å². The van der Waals surface area contributed by atoms with E-state index in [1.165, 1.54) is 6.20 Å². The third kappa shape index (κ3) is 1.82. The Kier molecular flexibility index (Phi) is 3.09. The van der Waals surface area contributed by atoms with E-state index in [0.717, 1.165) is 17.0 Å². The van der Waals surface area contributed by atoms with Crippen molar-refractivity contribution in [2.75, 3.05) is 0 Å². The van der Waals surface area contributed by atoms with Gasteiger partial charge in [0.05, 0.1) is 23.1 Å². The predicted octanol–water partition coefficient (Wildman–Crippen LogP) is 2.88. The first-order valence-electron chi connectivity index (χ1n) is 6.14. The van der Waals surface area contributed by atoms with Crippen LogP contribution in [-0.2, 0) is 6.42 Å². The molecule has 0 aromatic carbocycles. The van der Waals surface area contributed by atoms with Crippen LogP contribution < -0.4 is 0 Å². The number of nitriles is 1. The topological polar surface area (TPSA) is 66.9 Å². The minimum Gasteiger partial charge on any atom is -0.256 e. The summed E-state index contributed by atoms with van der Waals surface area (Å²) in [4.78, 5) is 8.62. The van der Waals surface area contributed by atoms with E-state index in [1.54, 1.807) is 10.7 Å². The molecule has 0 N–H and O–H groups in total. The lowest BCUT2D eigenvalue weighted by molar-refractivity contribution is 0.851. The average molecular weight is 284 g/mol. The van der Waals surface area contributed by atoms with Gasteiger partial charge in [0, 0.05) is 6.20 Å². The first kappa shape index (κ1) is 12.6. The van der Waals surface area contributed by atoms with Crippen LogP contribution in [-0.4, -0.2) is 19.6 Å². The van der Waals surface area contributed by atoms with Crippen LogP contribution in [0.1, 0.15) is 18.2 Å². The summed E-state index contributed by atoms with van der Waals surface area (Å²) in [6.45, 7) is 2.01. The van der Waals surface area contributed by atoms with Crippen molar-refractivity contribution in [1.82, 2.24) is 19.6 Å². The molecular weight excluding hydrogens is 274 g/mol. The minimum absolute atomic E-state index is 0.338. The summed E-state index contributed by atoms with van der Waals surface area (Å²) in [6, 6.07) is 7.68. The van der Waals surface area contributed by atoms with Crippen molar-refractivity contribution < 1.29 is 0 Å². The Morgan fingerprint density at radius 3 is 2.90 bits per heavy atom. The maximum Gasteiger partial charge on any atom is 0.174 e. The van der Waals surface area contributed by atoms with Gasteiger partial charge in [0.2, 0.25) is 0 Å². The van der Waals surface area contributed by atoms with Crippen molar-refractivity contribution in [2.24, 2.45) is 0 Å². The molecule has 0 aliphatic heterocycles. The molecule has 0 bridgehead atoms. The lowest BCUT2D eigenvalue weighted by Crippen LogP contribution is -2.04. The zero-order valence-electron chi connectivity index (χ0n) is 10.7. The molecule has 0 atom stereocenters. The summed E-state index contributed by atoms with van der Waals surface area (Å²) >= 11 is 6.31. The van der Waals surface area contributed by atoms with Gasteiger partial charge in [-0.2, -0.15) is 10.4 Å². The van der Waals surface area contributed by atoms with Gasteiger partial charge in [0.1, 0.15) is 16.8 Å². The number of hydrogen-bond donors (Lipinski definition) is 0. The second-order valence-electron chi connectivity index (χ2n) is 4.20. The van der Waals surface area contributed by atoms with Gasteiger partial charge in [-0.1, -0.05) is 24.6 Å². The first-order valence-corrected chi connectivity index (χ1v) is 6.51. The molecule has 6 heteroatoms. The predicted molar refractivity (Wildman–Crippen MR) is 75.3 cm³/mol. The van der Waals surface area contributed by atoms with E-state index in [9.17, 15) is 0 Å². The molecule has 0 amide bonds. The van der Waals surface area contributed by atoms with Gasteiger partial charge in [-0.25, -0.2) is 9.50 Å². The molecule has 0 aliphatic rings. The maximum absolute atomic E-state index is 9.07. The quantitative estimate of drug-likeness (QED) is 0.678. The Bertz CT molecular complexity index is 817. The number of fused-ring (bicyclic) bond motifs is 1. The Morgan fingerprint density at radius 1 is 1.40 bits per heavy atom. The minimum atomic E-state index is 0.338. The van der Waals surface area contributed by atoms with Crippen LogP contribution in [0.5, 0.6) is 0 Å². The molecule has 0 spiro atoms. The monoisotopic (exact) mass is 283 g/mol. The molecule has 0 fully saturated rings. The molecule has 0 aliphatic carbocycles. The fourth-order valence-corrected chi connectivity index (χ4v) is 2.48. The van der Waals surface area contributed by atoms with Gasteiger partial charge in [-0.3, -0.25) is 4.98 Å². The summed E-state index contributed by atoms with van der Waals surface area (Å²) in [7, 11) is 0. The highest BCUT2D eigenvalue weighted by molar-refractivity contribution is 6.32. The van der Waals surface area contributed by atoms with E-state index in [1.807, 2.05) is 25.1 Å². The van der Waals surface area contributed by atoms with Crippen LogP contribution in [0.3, 0.4) is 0 Å². The molecule has 3 heterocycles. The second-order valence-corrected chi connectivity index (χ2v) is 4.56. The molecule has 20 heavy (non-hydrogen) atoms. The van der Waals surface area contributed by atoms with Gasteiger partial charge < -0.3 is 0 Å². The number of aromatic nitrogens is 4. The number of nitrogens with zero attached hydrogens (tertiary/aromatic N) is 5. The molecule has 3 rings (SSSR count). The van der Waals surface area contributed by atoms with Gasteiger partial charge in [0.25, 0.3) is 0 Å². The second kappa shape index (κ2) is 4.91. The van der Waals surface area contributed by atoms with Gasteiger partial charge in [-0.05, 0) is 18.6 Å². The number of halogens is 1. The number of rotatable bonds is 2. The molecule has 0 saturated heterocycles. The van der Waals surface area contributed by atoms with Gasteiger partial charge in [-0.15, -0.1) is 0 Å². The summed E-state index contributed by atoms with van der Waals surface area (Å²) < 4.78 is 1.66. The SMILES string of the molecule is CCc1c(-c2ccccn2)c(Cl)nc2c(C#N)cnn12. The highest BCUT2D eigenvalue weighted by Gasteiger charge is 2.18. The largest absolute Gasteiger partial charge is 0.256 e. The van der Waals surface area contributed by atoms with E-state index in [0.29, 0.717) is 22.8 Å². The highest BCUT2D eigenvalue weighted by atomic mass is 35.5. The third-order valence-corrected chi connectivity index (χ3v) is 3.35. The fraction of sp³-hybridized carbons (Fsp3) is 0.143. The van der Waals surface area contributed by atoms with E-state index < -0.39 is 0 Å². The Balaban J connectivity index is 2.39. The zero-order chi connectivity index (χ0) is 14.1. The summed E-state index contributed by atoms with van der Waals surface area (Å²) in [5.41, 5.74) is 3.29. The Hall–Kier alpha value is -2.45. The van der Waals surface area contributed by atoms with Crippen molar-refractivity contribution >= 4 is 17.2 Å². The average Bonchev–Trinajstić information content (AvgIpc) is 2.89. The van der Waals surface area contributed by atoms with E-state index in [2.05, 4.69) is 21.1 Å². The maximum atomic E-state index is 9.07. The van der Waals surface area contributed by atoms with Crippen molar-refractivity contribution in [2.45, 2.75) is 13.3 Å². The van der Waals surface area contributed by atoms with Gasteiger partial charge in [0.15, 0.2) is 5.65 Å². The van der Waals surface area contributed by atoms with Crippen LogP contribution in [0.4, 0.5) is 0 Å². The Labute approximate surface area is 120 Å². The van der Waals surface area contributed by atoms with Crippen molar-refractivity contribution in [3.63, 3.8) is 0 Å². The highest BCUT2D eigenvalue weighted by Crippen LogP contribution is 2.30. The van der Waals surface area contributed by atoms with E-state index in [-0.39, 0.29) is 0 Å². The van der Waals surface area contributed by atoms with Crippen molar-refractivity contribution in [3.8, 4) is 17.3 Å². The molecular formula is C14H10ClN5. The normalized spacial score (nSPS) is 10.7. The van der Waals surface area contributed by atoms with Crippen LogP contribution in [0, 0.1) is 11.3 Å². The van der Waals surface area contributed by atoms with Crippen molar-refractivity contribution in [1.29, 1.82) is 5.26 Å². The molecule has 0 radical (unpaired) electrons. The zero-order valence-corrected chi connectivity index (χ0v) is 11.5. The first-order chi connectivity index (χ1) is 9.76. The molecule has 0 saturated carbocycles.